The Morgan fingerprint density at radius 3 is 2.56 bits per heavy atom. The van der Waals surface area contributed by atoms with Gasteiger partial charge in [-0.1, -0.05) is 6.92 Å². The lowest BCUT2D eigenvalue weighted by Crippen LogP contribution is -2.47. The van der Waals surface area contributed by atoms with Crippen molar-refractivity contribution in [1.29, 1.82) is 0 Å². The Bertz CT molecular complexity index is 829. The van der Waals surface area contributed by atoms with Crippen LogP contribution in [0.1, 0.15) is 63.9 Å². The minimum atomic E-state index is -0.461. The van der Waals surface area contributed by atoms with E-state index in [1.807, 2.05) is 19.9 Å². The second kappa shape index (κ2) is 9.65. The van der Waals surface area contributed by atoms with Crippen molar-refractivity contribution in [3.8, 4) is 0 Å². The Balaban J connectivity index is 1.34. The molecule has 2 aliphatic heterocycles. The van der Waals surface area contributed by atoms with E-state index in [1.165, 1.54) is 0 Å². The summed E-state index contributed by atoms with van der Waals surface area (Å²) >= 11 is 0. The van der Waals surface area contributed by atoms with Crippen LogP contribution in [-0.2, 0) is 9.53 Å². The molecular weight excluding hydrogens is 408 g/mol. The molecule has 1 aromatic heterocycles. The molecule has 8 nitrogen and oxygen atoms in total. The van der Waals surface area contributed by atoms with E-state index in [4.69, 9.17) is 4.74 Å². The number of hydrogen-bond donors (Lipinski definition) is 2. The van der Waals surface area contributed by atoms with Crippen LogP contribution < -0.4 is 10.2 Å². The predicted octanol–water partition coefficient (Wildman–Crippen LogP) is 3.47. The van der Waals surface area contributed by atoms with Crippen LogP contribution in [-0.4, -0.2) is 65.4 Å². The maximum atomic E-state index is 13.4. The third-order valence-electron chi connectivity index (χ3n) is 7.41. The van der Waals surface area contributed by atoms with Gasteiger partial charge in [0.2, 0.25) is 5.91 Å². The molecule has 1 aromatic rings. The number of pyridine rings is 1. The van der Waals surface area contributed by atoms with Gasteiger partial charge in [0.05, 0.1) is 30.0 Å². The number of nitrogens with zero attached hydrogens (tertiary/aromatic N) is 3. The molecule has 0 atom stereocenters. The first-order chi connectivity index (χ1) is 15.4. The summed E-state index contributed by atoms with van der Waals surface area (Å²) in [5, 5.41) is 12.5. The highest BCUT2D eigenvalue weighted by atomic mass is 16.5. The first-order valence-corrected chi connectivity index (χ1v) is 12.1. The molecule has 8 heteroatoms. The monoisotopic (exact) mass is 444 g/mol. The van der Waals surface area contributed by atoms with Crippen molar-refractivity contribution >= 4 is 23.5 Å². The van der Waals surface area contributed by atoms with Gasteiger partial charge in [0.25, 0.3) is 0 Å². The van der Waals surface area contributed by atoms with Gasteiger partial charge in [-0.15, -0.1) is 0 Å². The molecule has 2 amide bonds. The normalized spacial score (nSPS) is 25.3. The van der Waals surface area contributed by atoms with Crippen molar-refractivity contribution < 1.29 is 19.4 Å². The number of aryl methyl sites for hydroxylation is 1. The molecule has 1 spiro atoms. The van der Waals surface area contributed by atoms with E-state index in [0.29, 0.717) is 24.2 Å². The van der Waals surface area contributed by atoms with Crippen molar-refractivity contribution in [3.63, 3.8) is 0 Å². The minimum Gasteiger partial charge on any atom is -0.449 e. The zero-order valence-electron chi connectivity index (χ0n) is 19.3. The Kier molecular flexibility index (Phi) is 6.88. The van der Waals surface area contributed by atoms with Crippen molar-refractivity contribution in [1.82, 2.24) is 9.88 Å². The SMILES string of the molecule is CCCOC(=O)Nc1cnc(N2CCC3(CC2)CCN([C@H]2CC[C@@H](O)CC2)C3=O)c(C)c1. The minimum absolute atomic E-state index is 0.194. The van der Waals surface area contributed by atoms with Crippen LogP contribution in [0.5, 0.6) is 0 Å². The number of aromatic nitrogens is 1. The number of nitrogens with one attached hydrogen (secondary N) is 1. The number of hydrogen-bond acceptors (Lipinski definition) is 6. The number of carbonyl (C=O) groups excluding carboxylic acids is 2. The standard InChI is InChI=1S/C24H36N4O4/c1-3-14-32-23(31)26-18-15-17(2)21(25-16-18)27-11-8-24(9-12-27)10-13-28(22(24)30)19-4-6-20(29)7-5-19/h15-16,19-20,29H,3-14H2,1-2H3,(H,26,31)/t19-,20+. The fourth-order valence-electron chi connectivity index (χ4n) is 5.49. The highest BCUT2D eigenvalue weighted by Crippen LogP contribution is 2.44. The second-order valence-corrected chi connectivity index (χ2v) is 9.60. The molecule has 0 bridgehead atoms. The van der Waals surface area contributed by atoms with E-state index in [-0.39, 0.29) is 11.5 Å². The van der Waals surface area contributed by atoms with Crippen LogP contribution >= 0.6 is 0 Å². The first kappa shape index (κ1) is 22.8. The molecule has 0 aromatic carbocycles. The van der Waals surface area contributed by atoms with Gasteiger partial charge in [0.1, 0.15) is 5.82 Å². The molecule has 1 aliphatic carbocycles. The molecular formula is C24H36N4O4. The maximum Gasteiger partial charge on any atom is 0.411 e. The van der Waals surface area contributed by atoms with Gasteiger partial charge in [-0.25, -0.2) is 9.78 Å². The molecule has 3 aliphatic rings. The number of aliphatic hydroxyl groups excluding tert-OH is 1. The number of carbonyl (C=O) groups is 2. The summed E-state index contributed by atoms with van der Waals surface area (Å²) in [5.41, 5.74) is 1.39. The van der Waals surface area contributed by atoms with Crippen molar-refractivity contribution in [3.05, 3.63) is 17.8 Å². The lowest BCUT2D eigenvalue weighted by Gasteiger charge is -2.40. The Labute approximate surface area is 190 Å². The lowest BCUT2D eigenvalue weighted by molar-refractivity contribution is -0.139. The molecule has 3 fully saturated rings. The average molecular weight is 445 g/mol. The smallest absolute Gasteiger partial charge is 0.411 e. The number of aliphatic hydroxyl groups is 1. The fourth-order valence-corrected chi connectivity index (χ4v) is 5.49. The number of anilines is 2. The molecule has 176 valence electrons. The lowest BCUT2D eigenvalue weighted by atomic mass is 9.77. The highest BCUT2D eigenvalue weighted by Gasteiger charge is 2.50. The molecule has 2 N–H and O–H groups in total. The zero-order chi connectivity index (χ0) is 22.7. The average Bonchev–Trinajstić information content (AvgIpc) is 3.09. The molecule has 4 rings (SSSR count). The van der Waals surface area contributed by atoms with Crippen LogP contribution in [0, 0.1) is 12.3 Å². The van der Waals surface area contributed by atoms with Gasteiger partial charge in [-0.3, -0.25) is 10.1 Å². The van der Waals surface area contributed by atoms with Gasteiger partial charge in [-0.2, -0.15) is 0 Å². The van der Waals surface area contributed by atoms with Gasteiger partial charge < -0.3 is 19.6 Å². The largest absolute Gasteiger partial charge is 0.449 e. The quantitative estimate of drug-likeness (QED) is 0.722. The third-order valence-corrected chi connectivity index (χ3v) is 7.41. The predicted molar refractivity (Wildman–Crippen MR) is 123 cm³/mol. The number of piperidine rings is 1. The van der Waals surface area contributed by atoms with E-state index < -0.39 is 6.09 Å². The summed E-state index contributed by atoms with van der Waals surface area (Å²) in [4.78, 5) is 34.1. The highest BCUT2D eigenvalue weighted by molar-refractivity contribution is 5.86. The van der Waals surface area contributed by atoms with Crippen LogP contribution in [0.25, 0.3) is 0 Å². The van der Waals surface area contributed by atoms with Crippen LogP contribution in [0.15, 0.2) is 12.3 Å². The number of rotatable bonds is 5. The van der Waals surface area contributed by atoms with Crippen LogP contribution in [0.2, 0.25) is 0 Å². The van der Waals surface area contributed by atoms with E-state index in [1.54, 1.807) is 6.20 Å². The van der Waals surface area contributed by atoms with Crippen molar-refractivity contribution in [2.75, 3.05) is 36.5 Å². The second-order valence-electron chi connectivity index (χ2n) is 9.60. The molecule has 3 heterocycles. The van der Waals surface area contributed by atoms with Crippen LogP contribution in [0.4, 0.5) is 16.3 Å². The van der Waals surface area contributed by atoms with Gasteiger partial charge in [-0.05, 0) is 69.9 Å². The number of likely N-dealkylation sites (tertiary alicyclic amines) is 1. The molecule has 0 radical (unpaired) electrons. The van der Waals surface area contributed by atoms with Gasteiger partial charge in [0.15, 0.2) is 0 Å². The molecule has 32 heavy (non-hydrogen) atoms. The summed E-state index contributed by atoms with van der Waals surface area (Å²) in [6.07, 6.45) is 7.89. The molecule has 2 saturated heterocycles. The van der Waals surface area contributed by atoms with Crippen molar-refractivity contribution in [2.24, 2.45) is 5.41 Å². The Hall–Kier alpha value is -2.35. The fraction of sp³-hybridized carbons (Fsp3) is 0.708. The summed E-state index contributed by atoms with van der Waals surface area (Å²) in [6, 6.07) is 2.22. The Morgan fingerprint density at radius 1 is 1.22 bits per heavy atom. The van der Waals surface area contributed by atoms with E-state index in [9.17, 15) is 14.7 Å². The van der Waals surface area contributed by atoms with Crippen LogP contribution in [0.3, 0.4) is 0 Å². The van der Waals surface area contributed by atoms with E-state index >= 15 is 0 Å². The maximum absolute atomic E-state index is 13.4. The summed E-state index contributed by atoms with van der Waals surface area (Å²) in [6.45, 7) is 6.81. The molecule has 1 saturated carbocycles. The van der Waals surface area contributed by atoms with E-state index in [2.05, 4.69) is 20.1 Å². The molecule has 0 unspecified atom stereocenters. The number of ether oxygens (including phenoxy) is 1. The Morgan fingerprint density at radius 2 is 1.91 bits per heavy atom. The topological polar surface area (TPSA) is 95.0 Å². The van der Waals surface area contributed by atoms with Gasteiger partial charge in [0, 0.05) is 25.7 Å². The van der Waals surface area contributed by atoms with Gasteiger partial charge >= 0.3 is 6.09 Å². The summed E-state index contributed by atoms with van der Waals surface area (Å²) < 4.78 is 5.07. The van der Waals surface area contributed by atoms with E-state index in [0.717, 1.165) is 82.4 Å². The summed E-state index contributed by atoms with van der Waals surface area (Å²) in [5.74, 6) is 1.24. The van der Waals surface area contributed by atoms with Crippen molar-refractivity contribution in [2.45, 2.75) is 77.4 Å². The zero-order valence-corrected chi connectivity index (χ0v) is 19.3. The summed E-state index contributed by atoms with van der Waals surface area (Å²) in [7, 11) is 0. The first-order valence-electron chi connectivity index (χ1n) is 12.1. The number of amides is 2. The third kappa shape index (κ3) is 4.70.